The molecule has 0 radical (unpaired) electrons. The van der Waals surface area contributed by atoms with Gasteiger partial charge in [0.05, 0.1) is 28.8 Å². The lowest BCUT2D eigenvalue weighted by atomic mass is 9.94. The van der Waals surface area contributed by atoms with Crippen molar-refractivity contribution in [3.8, 4) is 11.1 Å². The molecule has 0 saturated heterocycles. The summed E-state index contributed by atoms with van der Waals surface area (Å²) < 4.78 is 55.0. The largest absolute Gasteiger partial charge is 0.416 e. The van der Waals surface area contributed by atoms with Crippen LogP contribution < -0.4 is 5.56 Å². The minimum Gasteiger partial charge on any atom is -0.378 e. The number of rotatable bonds is 5. The van der Waals surface area contributed by atoms with Gasteiger partial charge in [-0.2, -0.15) is 13.2 Å². The van der Waals surface area contributed by atoms with Crippen LogP contribution in [0.4, 0.5) is 17.6 Å². The molecule has 0 spiro atoms. The van der Waals surface area contributed by atoms with Crippen molar-refractivity contribution < 1.29 is 27.5 Å². The second kappa shape index (κ2) is 9.95. The number of nitrogens with zero attached hydrogens (tertiary/aromatic N) is 2. The van der Waals surface area contributed by atoms with E-state index in [1.807, 2.05) is 30.3 Å². The summed E-state index contributed by atoms with van der Waals surface area (Å²) in [6, 6.07) is 17.9. The Kier molecular flexibility index (Phi) is 6.53. The zero-order valence-electron chi connectivity index (χ0n) is 21.7. The predicted octanol–water partition coefficient (Wildman–Crippen LogP) is 5.29. The lowest BCUT2D eigenvalue weighted by Crippen LogP contribution is -2.42. The fourth-order valence-electron chi connectivity index (χ4n) is 5.54. The third-order valence-electron chi connectivity index (χ3n) is 7.97. The molecule has 6 nitrogen and oxygen atoms in total. The van der Waals surface area contributed by atoms with Crippen molar-refractivity contribution in [2.24, 2.45) is 0 Å². The third kappa shape index (κ3) is 4.82. The van der Waals surface area contributed by atoms with Gasteiger partial charge in [-0.15, -0.1) is 0 Å². The molecule has 3 aromatic carbocycles. The van der Waals surface area contributed by atoms with Gasteiger partial charge >= 0.3 is 6.18 Å². The molecule has 41 heavy (non-hydrogen) atoms. The monoisotopic (exact) mass is 563 g/mol. The highest BCUT2D eigenvalue weighted by molar-refractivity contribution is 5.83. The SMILES string of the molecule is O=C(C(O)c1cccc(-c2cccc(C(F)(F)F)c2)c1F)N1CCc2nc(C3(c4ccccc4)CC3)[nH]c(=O)c2C1. The van der Waals surface area contributed by atoms with Gasteiger partial charge in [-0.1, -0.05) is 60.7 Å². The van der Waals surface area contributed by atoms with Crippen LogP contribution in [0.2, 0.25) is 0 Å². The van der Waals surface area contributed by atoms with Gasteiger partial charge in [-0.25, -0.2) is 9.37 Å². The van der Waals surface area contributed by atoms with Crippen molar-refractivity contribution in [2.45, 2.75) is 43.5 Å². The Morgan fingerprint density at radius 1 is 1.02 bits per heavy atom. The minimum absolute atomic E-state index is 0.0388. The number of halogens is 4. The highest BCUT2D eigenvalue weighted by Crippen LogP contribution is 2.52. The number of aromatic nitrogens is 2. The van der Waals surface area contributed by atoms with E-state index in [2.05, 4.69) is 4.98 Å². The normalized spacial score (nSPS) is 16.7. The summed E-state index contributed by atoms with van der Waals surface area (Å²) in [5.74, 6) is -1.22. The van der Waals surface area contributed by atoms with E-state index in [9.17, 15) is 27.9 Å². The van der Waals surface area contributed by atoms with Crippen LogP contribution >= 0.6 is 0 Å². The van der Waals surface area contributed by atoms with Crippen LogP contribution in [0, 0.1) is 5.82 Å². The standard InChI is InChI=1S/C31H25F4N3O3/c32-25-21(18-6-4-9-20(16-18)31(33,34)35)10-5-11-22(25)26(39)28(41)38-15-12-24-23(17-38)27(40)37-29(36-24)30(13-14-30)19-7-2-1-3-8-19/h1-11,16,26,39H,12-15,17H2,(H,36,37,40). The van der Waals surface area contributed by atoms with Crippen LogP contribution in [0.5, 0.6) is 0 Å². The second-order valence-electron chi connectivity index (χ2n) is 10.5. The summed E-state index contributed by atoms with van der Waals surface area (Å²) in [5.41, 5.74) is -0.248. The number of aromatic amines is 1. The van der Waals surface area contributed by atoms with Crippen molar-refractivity contribution >= 4 is 5.91 Å². The summed E-state index contributed by atoms with van der Waals surface area (Å²) >= 11 is 0. The van der Waals surface area contributed by atoms with Crippen LogP contribution in [0.15, 0.2) is 77.6 Å². The molecule has 210 valence electrons. The molecule has 6 rings (SSSR count). The number of fused-ring (bicyclic) bond motifs is 1. The van der Waals surface area contributed by atoms with E-state index >= 15 is 4.39 Å². The Balaban J connectivity index is 1.24. The van der Waals surface area contributed by atoms with E-state index in [1.54, 1.807) is 0 Å². The van der Waals surface area contributed by atoms with Gasteiger partial charge in [-0.05, 0) is 36.1 Å². The topological polar surface area (TPSA) is 86.3 Å². The molecule has 0 bridgehead atoms. The number of benzene rings is 3. The Morgan fingerprint density at radius 2 is 1.76 bits per heavy atom. The molecule has 1 aromatic heterocycles. The molecule has 2 N–H and O–H groups in total. The first kappa shape index (κ1) is 26.9. The number of carbonyl (C=O) groups is 1. The average molecular weight is 564 g/mol. The Bertz CT molecular complexity index is 1700. The summed E-state index contributed by atoms with van der Waals surface area (Å²) in [7, 11) is 0. The van der Waals surface area contributed by atoms with Crippen molar-refractivity contribution in [1.82, 2.24) is 14.9 Å². The van der Waals surface area contributed by atoms with Crippen LogP contribution in [-0.4, -0.2) is 32.4 Å². The van der Waals surface area contributed by atoms with Gasteiger partial charge in [-0.3, -0.25) is 9.59 Å². The van der Waals surface area contributed by atoms with Crippen molar-refractivity contribution in [3.63, 3.8) is 0 Å². The molecular weight excluding hydrogens is 538 g/mol. The Labute approximate surface area is 232 Å². The zero-order valence-corrected chi connectivity index (χ0v) is 21.7. The highest BCUT2D eigenvalue weighted by atomic mass is 19.4. The number of nitrogens with one attached hydrogen (secondary N) is 1. The van der Waals surface area contributed by atoms with Crippen LogP contribution in [0.25, 0.3) is 11.1 Å². The zero-order chi connectivity index (χ0) is 28.9. The molecule has 1 atom stereocenters. The van der Waals surface area contributed by atoms with E-state index in [0.29, 0.717) is 17.1 Å². The number of H-pyrrole nitrogens is 1. The molecule has 2 heterocycles. The lowest BCUT2D eigenvalue weighted by Gasteiger charge is -2.30. The molecule has 10 heteroatoms. The number of aliphatic hydroxyl groups excluding tert-OH is 1. The van der Waals surface area contributed by atoms with E-state index < -0.39 is 29.6 Å². The first-order chi connectivity index (χ1) is 19.6. The molecule has 2 aliphatic rings. The van der Waals surface area contributed by atoms with E-state index in [-0.39, 0.29) is 47.2 Å². The lowest BCUT2D eigenvalue weighted by molar-refractivity contribution is -0.141. The number of hydrogen-bond donors (Lipinski definition) is 2. The van der Waals surface area contributed by atoms with Gasteiger partial charge in [0.1, 0.15) is 11.6 Å². The smallest absolute Gasteiger partial charge is 0.378 e. The predicted molar refractivity (Wildman–Crippen MR) is 142 cm³/mol. The number of aliphatic hydroxyl groups is 1. The Morgan fingerprint density at radius 3 is 2.46 bits per heavy atom. The first-order valence-electron chi connectivity index (χ1n) is 13.2. The molecule has 1 aliphatic carbocycles. The number of carbonyl (C=O) groups excluding carboxylic acids is 1. The third-order valence-corrected chi connectivity index (χ3v) is 7.97. The van der Waals surface area contributed by atoms with Crippen molar-refractivity contribution in [1.29, 1.82) is 0 Å². The molecular formula is C31H25F4N3O3. The number of hydrogen-bond acceptors (Lipinski definition) is 4. The number of alkyl halides is 3. The van der Waals surface area contributed by atoms with Crippen LogP contribution in [0.3, 0.4) is 0 Å². The van der Waals surface area contributed by atoms with Crippen LogP contribution in [0.1, 0.15) is 52.7 Å². The fraction of sp³-hybridized carbons (Fsp3) is 0.258. The second-order valence-corrected chi connectivity index (χ2v) is 10.5. The molecule has 1 saturated carbocycles. The maximum absolute atomic E-state index is 15.5. The first-order valence-corrected chi connectivity index (χ1v) is 13.2. The highest BCUT2D eigenvalue weighted by Gasteiger charge is 2.48. The summed E-state index contributed by atoms with van der Waals surface area (Å²) in [5, 5.41) is 10.9. The van der Waals surface area contributed by atoms with E-state index in [4.69, 9.17) is 4.98 Å². The quantitative estimate of drug-likeness (QED) is 0.323. The maximum Gasteiger partial charge on any atom is 0.416 e. The summed E-state index contributed by atoms with van der Waals surface area (Å²) in [4.78, 5) is 35.3. The van der Waals surface area contributed by atoms with Gasteiger partial charge in [0.25, 0.3) is 11.5 Å². The average Bonchev–Trinajstić information content (AvgIpc) is 3.79. The molecule has 1 amide bonds. The molecule has 1 fully saturated rings. The van der Waals surface area contributed by atoms with Crippen LogP contribution in [-0.2, 0) is 29.4 Å². The van der Waals surface area contributed by atoms with Crippen molar-refractivity contribution in [3.05, 3.63) is 123 Å². The van der Waals surface area contributed by atoms with E-state index in [0.717, 1.165) is 30.5 Å². The molecule has 4 aromatic rings. The minimum atomic E-state index is -4.61. The van der Waals surface area contributed by atoms with Gasteiger partial charge in [0.2, 0.25) is 0 Å². The number of amides is 1. The van der Waals surface area contributed by atoms with Gasteiger partial charge in [0.15, 0.2) is 6.10 Å². The maximum atomic E-state index is 15.5. The molecule has 1 aliphatic heterocycles. The summed E-state index contributed by atoms with van der Waals surface area (Å²) in [6.45, 7) is 0.0488. The van der Waals surface area contributed by atoms with E-state index in [1.165, 1.54) is 35.2 Å². The Hall–Kier alpha value is -4.31. The van der Waals surface area contributed by atoms with Gasteiger partial charge < -0.3 is 15.0 Å². The molecule has 1 unspecified atom stereocenters. The summed E-state index contributed by atoms with van der Waals surface area (Å²) in [6.07, 6.45) is -4.52. The van der Waals surface area contributed by atoms with Crippen molar-refractivity contribution in [2.75, 3.05) is 6.54 Å². The fourth-order valence-corrected chi connectivity index (χ4v) is 5.54. The van der Waals surface area contributed by atoms with Gasteiger partial charge in [0, 0.05) is 24.1 Å².